The number of hydrogen-bond acceptors (Lipinski definition) is 3. The zero-order valence-corrected chi connectivity index (χ0v) is 11.5. The zero-order chi connectivity index (χ0) is 12.3. The summed E-state index contributed by atoms with van der Waals surface area (Å²) in [5, 5.41) is 12.3. The number of anilines is 1. The van der Waals surface area contributed by atoms with Gasteiger partial charge in [-0.25, -0.2) is 0 Å². The molecule has 0 spiro atoms. The second-order valence-corrected chi connectivity index (χ2v) is 5.30. The molecule has 1 unspecified atom stereocenters. The van der Waals surface area contributed by atoms with E-state index < -0.39 is 0 Å². The van der Waals surface area contributed by atoms with Gasteiger partial charge in [-0.05, 0) is 38.1 Å². The summed E-state index contributed by atoms with van der Waals surface area (Å²) in [6, 6.07) is 8.64. The van der Waals surface area contributed by atoms with E-state index in [-0.39, 0.29) is 0 Å². The number of hydrogen-bond donors (Lipinski definition) is 1. The molecule has 1 aliphatic rings. The minimum atomic E-state index is 0.549. The van der Waals surface area contributed by atoms with Crippen LogP contribution in [0.5, 0.6) is 0 Å². The summed E-state index contributed by atoms with van der Waals surface area (Å²) in [5.41, 5.74) is 1.84. The number of nitrogens with one attached hydrogen (secondary N) is 1. The Hall–Kier alpha value is -1.05. The molecule has 0 saturated carbocycles. The number of rotatable bonds is 2. The van der Waals surface area contributed by atoms with Crippen LogP contribution in [-0.2, 0) is 0 Å². The lowest BCUT2D eigenvalue weighted by molar-refractivity contribution is 0.449. The standard InChI is InChI=1S/C13H16BrN3/c1-16-12-3-2-4-17(9-12)13-6-10(8-15)5-11(14)7-13/h5-7,12,16H,2-4,9H2,1H3. The molecule has 1 aromatic rings. The van der Waals surface area contributed by atoms with Gasteiger partial charge in [0.25, 0.3) is 0 Å². The van der Waals surface area contributed by atoms with Crippen LogP contribution in [0, 0.1) is 11.3 Å². The highest BCUT2D eigenvalue weighted by atomic mass is 79.9. The molecule has 90 valence electrons. The fourth-order valence-electron chi connectivity index (χ4n) is 2.27. The fraction of sp³-hybridized carbons (Fsp3) is 0.462. The number of benzene rings is 1. The predicted octanol–water partition coefficient (Wildman–Crippen LogP) is 2.51. The van der Waals surface area contributed by atoms with Gasteiger partial charge in [0.1, 0.15) is 0 Å². The second kappa shape index (κ2) is 5.52. The topological polar surface area (TPSA) is 39.1 Å². The Morgan fingerprint density at radius 3 is 3.00 bits per heavy atom. The Bertz CT molecular complexity index is 439. The normalized spacial score (nSPS) is 20.1. The number of piperidine rings is 1. The molecule has 0 bridgehead atoms. The molecule has 3 nitrogen and oxygen atoms in total. The summed E-state index contributed by atoms with van der Waals surface area (Å²) < 4.78 is 0.970. The van der Waals surface area contributed by atoms with E-state index in [9.17, 15) is 0 Å². The van der Waals surface area contributed by atoms with Crippen molar-refractivity contribution in [2.45, 2.75) is 18.9 Å². The van der Waals surface area contributed by atoms with Crippen molar-refractivity contribution in [3.8, 4) is 6.07 Å². The molecule has 1 atom stereocenters. The van der Waals surface area contributed by atoms with E-state index in [1.807, 2.05) is 19.2 Å². The van der Waals surface area contributed by atoms with Crippen LogP contribution >= 0.6 is 15.9 Å². The maximum atomic E-state index is 8.98. The molecule has 0 amide bonds. The van der Waals surface area contributed by atoms with Gasteiger partial charge in [-0.3, -0.25) is 0 Å². The van der Waals surface area contributed by atoms with Crippen LogP contribution in [0.25, 0.3) is 0 Å². The molecule has 1 heterocycles. The minimum absolute atomic E-state index is 0.549. The third kappa shape index (κ3) is 2.99. The Morgan fingerprint density at radius 1 is 1.47 bits per heavy atom. The predicted molar refractivity (Wildman–Crippen MR) is 73.2 cm³/mol. The van der Waals surface area contributed by atoms with Crippen LogP contribution < -0.4 is 10.2 Å². The second-order valence-electron chi connectivity index (χ2n) is 4.38. The Kier molecular flexibility index (Phi) is 4.03. The molecule has 0 aromatic heterocycles. The number of likely N-dealkylation sites (N-methyl/N-ethyl adjacent to an activating group) is 1. The molecular formula is C13H16BrN3. The smallest absolute Gasteiger partial charge is 0.0992 e. The van der Waals surface area contributed by atoms with Crippen LogP contribution in [0.15, 0.2) is 22.7 Å². The van der Waals surface area contributed by atoms with Gasteiger partial charge < -0.3 is 10.2 Å². The SMILES string of the molecule is CNC1CCCN(c2cc(Br)cc(C#N)c2)C1. The minimum Gasteiger partial charge on any atom is -0.370 e. The van der Waals surface area contributed by atoms with E-state index in [2.05, 4.69) is 38.3 Å². The monoisotopic (exact) mass is 293 g/mol. The van der Waals surface area contributed by atoms with Crippen molar-refractivity contribution in [1.82, 2.24) is 5.32 Å². The summed E-state index contributed by atoms with van der Waals surface area (Å²) in [5.74, 6) is 0. The molecule has 2 rings (SSSR count). The molecule has 17 heavy (non-hydrogen) atoms. The maximum absolute atomic E-state index is 8.98. The first-order chi connectivity index (χ1) is 8.22. The van der Waals surface area contributed by atoms with E-state index in [1.54, 1.807) is 0 Å². The summed E-state index contributed by atoms with van der Waals surface area (Å²) >= 11 is 3.46. The van der Waals surface area contributed by atoms with Crippen molar-refractivity contribution in [2.24, 2.45) is 0 Å². The van der Waals surface area contributed by atoms with Crippen molar-refractivity contribution in [1.29, 1.82) is 5.26 Å². The molecule has 1 fully saturated rings. The number of nitriles is 1. The van der Waals surface area contributed by atoms with E-state index in [4.69, 9.17) is 5.26 Å². The third-order valence-electron chi connectivity index (χ3n) is 3.21. The van der Waals surface area contributed by atoms with Crippen molar-refractivity contribution in [3.63, 3.8) is 0 Å². The average molecular weight is 294 g/mol. The zero-order valence-electron chi connectivity index (χ0n) is 9.91. The lowest BCUT2D eigenvalue weighted by atomic mass is 10.0. The number of halogens is 1. The molecular weight excluding hydrogens is 278 g/mol. The summed E-state index contributed by atoms with van der Waals surface area (Å²) in [6.07, 6.45) is 2.42. The molecule has 1 N–H and O–H groups in total. The highest BCUT2D eigenvalue weighted by Gasteiger charge is 2.19. The van der Waals surface area contributed by atoms with Crippen LogP contribution in [-0.4, -0.2) is 26.2 Å². The van der Waals surface area contributed by atoms with Crippen molar-refractivity contribution in [2.75, 3.05) is 25.0 Å². The summed E-state index contributed by atoms with van der Waals surface area (Å²) in [7, 11) is 2.01. The Labute approximate surface area is 111 Å². The van der Waals surface area contributed by atoms with Gasteiger partial charge in [0.2, 0.25) is 0 Å². The lowest BCUT2D eigenvalue weighted by Gasteiger charge is -2.34. The third-order valence-corrected chi connectivity index (χ3v) is 3.66. The van der Waals surface area contributed by atoms with E-state index in [1.165, 1.54) is 12.8 Å². The molecule has 4 heteroatoms. The van der Waals surface area contributed by atoms with Gasteiger partial charge in [-0.1, -0.05) is 15.9 Å². The van der Waals surface area contributed by atoms with Crippen LogP contribution in [0.2, 0.25) is 0 Å². The molecule has 1 aliphatic heterocycles. The van der Waals surface area contributed by atoms with Crippen molar-refractivity contribution in [3.05, 3.63) is 28.2 Å². The first kappa shape index (κ1) is 12.4. The first-order valence-corrected chi connectivity index (χ1v) is 6.65. The van der Waals surface area contributed by atoms with Gasteiger partial charge in [-0.2, -0.15) is 5.26 Å². The Morgan fingerprint density at radius 2 is 2.29 bits per heavy atom. The highest BCUT2D eigenvalue weighted by molar-refractivity contribution is 9.10. The van der Waals surface area contributed by atoms with Crippen LogP contribution in [0.4, 0.5) is 5.69 Å². The van der Waals surface area contributed by atoms with E-state index >= 15 is 0 Å². The van der Waals surface area contributed by atoms with Crippen LogP contribution in [0.1, 0.15) is 18.4 Å². The van der Waals surface area contributed by atoms with Crippen molar-refractivity contribution >= 4 is 21.6 Å². The van der Waals surface area contributed by atoms with Crippen LogP contribution in [0.3, 0.4) is 0 Å². The summed E-state index contributed by atoms with van der Waals surface area (Å²) in [4.78, 5) is 2.34. The highest BCUT2D eigenvalue weighted by Crippen LogP contribution is 2.25. The van der Waals surface area contributed by atoms with E-state index in [0.29, 0.717) is 11.6 Å². The molecule has 1 aromatic carbocycles. The van der Waals surface area contributed by atoms with Crippen molar-refractivity contribution < 1.29 is 0 Å². The molecule has 0 aliphatic carbocycles. The van der Waals surface area contributed by atoms with Gasteiger partial charge in [0, 0.05) is 29.3 Å². The van der Waals surface area contributed by atoms with Gasteiger partial charge in [0.05, 0.1) is 11.6 Å². The van der Waals surface area contributed by atoms with Gasteiger partial charge in [0.15, 0.2) is 0 Å². The molecule has 0 radical (unpaired) electrons. The van der Waals surface area contributed by atoms with Gasteiger partial charge >= 0.3 is 0 Å². The maximum Gasteiger partial charge on any atom is 0.0992 e. The average Bonchev–Trinajstić information content (AvgIpc) is 2.38. The van der Waals surface area contributed by atoms with Gasteiger partial charge in [-0.15, -0.1) is 0 Å². The lowest BCUT2D eigenvalue weighted by Crippen LogP contribution is -2.44. The fourth-order valence-corrected chi connectivity index (χ4v) is 2.75. The quantitative estimate of drug-likeness (QED) is 0.911. The first-order valence-electron chi connectivity index (χ1n) is 5.86. The largest absolute Gasteiger partial charge is 0.370 e. The number of nitrogens with zero attached hydrogens (tertiary/aromatic N) is 2. The molecule has 1 saturated heterocycles. The Balaban J connectivity index is 2.21. The summed E-state index contributed by atoms with van der Waals surface area (Å²) in [6.45, 7) is 2.08. The van der Waals surface area contributed by atoms with E-state index in [0.717, 1.165) is 23.2 Å².